The summed E-state index contributed by atoms with van der Waals surface area (Å²) in [6.45, 7) is 9.02. The van der Waals surface area contributed by atoms with E-state index >= 15 is 0 Å². The van der Waals surface area contributed by atoms with Gasteiger partial charge in [-0.1, -0.05) is 0 Å². The Morgan fingerprint density at radius 2 is 2.00 bits per heavy atom. The Hall–Kier alpha value is -2.43. The summed E-state index contributed by atoms with van der Waals surface area (Å²) in [7, 11) is 0. The van der Waals surface area contributed by atoms with Gasteiger partial charge in [0.05, 0.1) is 10.6 Å². The molecule has 1 aromatic carbocycles. The molecule has 0 saturated carbocycles. The van der Waals surface area contributed by atoms with Gasteiger partial charge in [0.1, 0.15) is 0 Å². The van der Waals surface area contributed by atoms with Gasteiger partial charge in [0.25, 0.3) is 5.69 Å². The number of aliphatic imine (C=N–C) groups is 1. The fourth-order valence-electron chi connectivity index (χ4n) is 2.48. The van der Waals surface area contributed by atoms with E-state index in [0.717, 1.165) is 23.4 Å². The number of benzene rings is 1. The highest BCUT2D eigenvalue weighted by Crippen LogP contribution is 2.24. The van der Waals surface area contributed by atoms with Crippen LogP contribution in [0.4, 0.5) is 11.4 Å². The summed E-state index contributed by atoms with van der Waals surface area (Å²) in [6.07, 6.45) is 1.82. The second kappa shape index (κ2) is 5.91. The third-order valence-electron chi connectivity index (χ3n) is 3.66. The smallest absolute Gasteiger partial charge is 0.269 e. The van der Waals surface area contributed by atoms with Gasteiger partial charge in [0.2, 0.25) is 0 Å². The topological polar surface area (TPSA) is 60.4 Å². The Labute approximate surface area is 124 Å². The molecule has 0 fully saturated rings. The molecule has 0 saturated heterocycles. The average molecular weight is 285 g/mol. The van der Waals surface area contributed by atoms with Gasteiger partial charge in [-0.2, -0.15) is 0 Å². The van der Waals surface area contributed by atoms with Crippen molar-refractivity contribution in [1.29, 1.82) is 0 Å². The van der Waals surface area contributed by atoms with Crippen molar-refractivity contribution in [3.63, 3.8) is 0 Å². The Balaban J connectivity index is 2.32. The zero-order valence-corrected chi connectivity index (χ0v) is 12.8. The molecular weight excluding hydrogens is 266 g/mol. The third-order valence-corrected chi connectivity index (χ3v) is 3.66. The molecule has 2 aromatic rings. The molecule has 110 valence electrons. The number of nitro groups is 1. The largest absolute Gasteiger partial charge is 0.349 e. The van der Waals surface area contributed by atoms with Crippen LogP contribution in [0.3, 0.4) is 0 Å². The van der Waals surface area contributed by atoms with Crippen molar-refractivity contribution in [3.8, 4) is 0 Å². The van der Waals surface area contributed by atoms with E-state index in [1.54, 1.807) is 12.1 Å². The zero-order valence-electron chi connectivity index (χ0n) is 12.8. The molecule has 5 nitrogen and oxygen atoms in total. The fraction of sp³-hybridized carbons (Fsp3) is 0.312. The maximum Gasteiger partial charge on any atom is 0.269 e. The van der Waals surface area contributed by atoms with Crippen LogP contribution in [0, 0.1) is 30.9 Å². The number of aryl methyl sites for hydroxylation is 2. The van der Waals surface area contributed by atoms with Crippen molar-refractivity contribution in [2.45, 2.75) is 34.2 Å². The molecule has 0 aliphatic carbocycles. The summed E-state index contributed by atoms with van der Waals surface area (Å²) in [5.74, 6) is 0. The summed E-state index contributed by atoms with van der Waals surface area (Å²) >= 11 is 0. The lowest BCUT2D eigenvalue weighted by molar-refractivity contribution is -0.384. The molecule has 1 heterocycles. The number of aromatic nitrogens is 1. The summed E-state index contributed by atoms with van der Waals surface area (Å²) in [6, 6.07) is 6.81. The number of rotatable bonds is 4. The van der Waals surface area contributed by atoms with E-state index in [0.29, 0.717) is 0 Å². The van der Waals surface area contributed by atoms with Crippen LogP contribution < -0.4 is 0 Å². The Bertz CT molecular complexity index is 715. The van der Waals surface area contributed by atoms with Crippen molar-refractivity contribution in [2.75, 3.05) is 0 Å². The maximum absolute atomic E-state index is 10.7. The standard InChI is InChI=1S/C16H19N3O2/c1-5-18-12(3)9-14(13(18)4)10-17-16-7-6-15(19(20)21)8-11(16)2/h6-10H,5H2,1-4H3. The molecule has 0 N–H and O–H groups in total. The van der Waals surface area contributed by atoms with E-state index in [1.165, 1.54) is 17.5 Å². The van der Waals surface area contributed by atoms with Crippen LogP contribution in [0.5, 0.6) is 0 Å². The lowest BCUT2D eigenvalue weighted by Crippen LogP contribution is -1.99. The van der Waals surface area contributed by atoms with Crippen LogP contribution in [0.25, 0.3) is 0 Å². The number of non-ortho nitro benzene ring substituents is 1. The summed E-state index contributed by atoms with van der Waals surface area (Å²) in [5, 5.41) is 10.7. The van der Waals surface area contributed by atoms with E-state index in [2.05, 4.69) is 36.4 Å². The first-order valence-electron chi connectivity index (χ1n) is 6.90. The predicted octanol–water partition coefficient (Wildman–Crippen LogP) is 4.09. The molecular formula is C16H19N3O2. The first kappa shape index (κ1) is 15.0. The van der Waals surface area contributed by atoms with E-state index in [1.807, 2.05) is 13.1 Å². The minimum Gasteiger partial charge on any atom is -0.349 e. The highest BCUT2D eigenvalue weighted by atomic mass is 16.6. The van der Waals surface area contributed by atoms with Crippen molar-refractivity contribution >= 4 is 17.6 Å². The lowest BCUT2D eigenvalue weighted by atomic mass is 10.2. The van der Waals surface area contributed by atoms with Crippen molar-refractivity contribution in [3.05, 3.63) is 56.9 Å². The van der Waals surface area contributed by atoms with Gasteiger partial charge in [-0.3, -0.25) is 15.1 Å². The monoisotopic (exact) mass is 285 g/mol. The molecule has 5 heteroatoms. The molecule has 0 spiro atoms. The summed E-state index contributed by atoms with van der Waals surface area (Å²) < 4.78 is 2.23. The van der Waals surface area contributed by atoms with Crippen LogP contribution in [-0.4, -0.2) is 15.7 Å². The molecule has 0 radical (unpaired) electrons. The number of hydrogen-bond donors (Lipinski definition) is 0. The second-order valence-corrected chi connectivity index (χ2v) is 5.06. The van der Waals surface area contributed by atoms with Crippen LogP contribution in [0.1, 0.15) is 29.4 Å². The number of nitro benzene ring substituents is 1. The summed E-state index contributed by atoms with van der Waals surface area (Å²) in [5.41, 5.74) is 5.10. The molecule has 0 aliphatic heterocycles. The van der Waals surface area contributed by atoms with Gasteiger partial charge >= 0.3 is 0 Å². The molecule has 0 amide bonds. The number of nitrogens with zero attached hydrogens (tertiary/aromatic N) is 3. The van der Waals surface area contributed by atoms with Gasteiger partial charge in [0.15, 0.2) is 0 Å². The highest BCUT2D eigenvalue weighted by molar-refractivity contribution is 5.84. The van der Waals surface area contributed by atoms with Crippen LogP contribution in [-0.2, 0) is 6.54 Å². The minimum absolute atomic E-state index is 0.0932. The minimum atomic E-state index is -0.393. The van der Waals surface area contributed by atoms with Gasteiger partial charge in [-0.15, -0.1) is 0 Å². The van der Waals surface area contributed by atoms with Crippen LogP contribution in [0.15, 0.2) is 29.3 Å². The first-order valence-corrected chi connectivity index (χ1v) is 6.90. The predicted molar refractivity (Wildman–Crippen MR) is 84.7 cm³/mol. The molecule has 0 unspecified atom stereocenters. The lowest BCUT2D eigenvalue weighted by Gasteiger charge is -2.04. The van der Waals surface area contributed by atoms with E-state index in [9.17, 15) is 10.1 Å². The average Bonchev–Trinajstić information content (AvgIpc) is 2.71. The SMILES string of the molecule is CCn1c(C)cc(C=Nc2ccc([N+](=O)[O-])cc2C)c1C. The van der Waals surface area contributed by atoms with Gasteiger partial charge in [-0.05, 0) is 45.4 Å². The molecule has 0 atom stereocenters. The van der Waals surface area contributed by atoms with Gasteiger partial charge in [-0.25, -0.2) is 0 Å². The zero-order chi connectivity index (χ0) is 15.6. The summed E-state index contributed by atoms with van der Waals surface area (Å²) in [4.78, 5) is 14.8. The van der Waals surface area contributed by atoms with Crippen molar-refractivity contribution < 1.29 is 4.92 Å². The van der Waals surface area contributed by atoms with E-state index in [4.69, 9.17) is 0 Å². The Kier molecular flexibility index (Phi) is 4.21. The molecule has 1 aromatic heterocycles. The third kappa shape index (κ3) is 3.02. The normalized spacial score (nSPS) is 11.2. The van der Waals surface area contributed by atoms with Crippen molar-refractivity contribution in [1.82, 2.24) is 4.57 Å². The fourth-order valence-corrected chi connectivity index (χ4v) is 2.48. The maximum atomic E-state index is 10.7. The molecule has 0 bridgehead atoms. The van der Waals surface area contributed by atoms with Gasteiger partial charge in [0, 0.05) is 41.8 Å². The quantitative estimate of drug-likeness (QED) is 0.482. The van der Waals surface area contributed by atoms with Gasteiger partial charge < -0.3 is 4.57 Å². The van der Waals surface area contributed by atoms with Crippen molar-refractivity contribution in [2.24, 2.45) is 4.99 Å². The first-order chi connectivity index (χ1) is 9.93. The molecule has 2 rings (SSSR count). The molecule has 0 aliphatic rings. The van der Waals surface area contributed by atoms with Crippen LogP contribution >= 0.6 is 0 Å². The Morgan fingerprint density at radius 3 is 2.52 bits per heavy atom. The van der Waals surface area contributed by atoms with E-state index < -0.39 is 4.92 Å². The van der Waals surface area contributed by atoms with E-state index in [-0.39, 0.29) is 5.69 Å². The second-order valence-electron chi connectivity index (χ2n) is 5.06. The Morgan fingerprint density at radius 1 is 1.29 bits per heavy atom. The molecule has 21 heavy (non-hydrogen) atoms. The number of hydrogen-bond acceptors (Lipinski definition) is 3. The van der Waals surface area contributed by atoms with Crippen LogP contribution in [0.2, 0.25) is 0 Å². The highest BCUT2D eigenvalue weighted by Gasteiger charge is 2.08.